The van der Waals surface area contributed by atoms with Gasteiger partial charge in [-0.1, -0.05) is 72.3 Å². The molecular formula is C30H33F3N2O3S. The second-order valence-electron chi connectivity index (χ2n) is 10.2. The third-order valence-corrected chi connectivity index (χ3v) is 9.15. The fraction of sp³-hybridized carbons (Fsp3) is 0.367. The number of aryl methyl sites for hydroxylation is 1. The third kappa shape index (κ3) is 7.48. The van der Waals surface area contributed by atoms with E-state index in [4.69, 9.17) is 0 Å². The lowest BCUT2D eigenvalue weighted by atomic mass is 9.81. The molecule has 0 spiro atoms. The highest BCUT2D eigenvalue weighted by molar-refractivity contribution is 7.89. The molecule has 1 amide bonds. The molecule has 5 nitrogen and oxygen atoms in total. The normalized spacial score (nSPS) is 18.2. The standard InChI is InChI=1S/C30H33F3N2O3S/c1-22-11-13-23(14-12-22)19-34-29(36)26-17-15-25(16-18-26)21-35(20-24-7-3-2-4-8-24)39(37,38)28-10-6-5-9-27(28)30(31,32)33/h2-14,25-26H,15-21H2,1H3,(H,34,36). The number of rotatable bonds is 9. The zero-order valence-electron chi connectivity index (χ0n) is 21.8. The predicted octanol–water partition coefficient (Wildman–Crippen LogP) is 6.33. The SMILES string of the molecule is Cc1ccc(CNC(=O)C2CCC(CN(Cc3ccccc3)S(=O)(=O)c3ccccc3C(F)(F)F)CC2)cc1. The van der Waals surface area contributed by atoms with Gasteiger partial charge >= 0.3 is 6.18 Å². The lowest BCUT2D eigenvalue weighted by molar-refractivity contribution is -0.140. The van der Waals surface area contributed by atoms with Crippen LogP contribution >= 0.6 is 0 Å². The summed E-state index contributed by atoms with van der Waals surface area (Å²) in [6, 6.07) is 21.1. The van der Waals surface area contributed by atoms with Gasteiger partial charge in [0.25, 0.3) is 0 Å². The highest BCUT2D eigenvalue weighted by Crippen LogP contribution is 2.37. The van der Waals surface area contributed by atoms with Gasteiger partial charge < -0.3 is 5.32 Å². The zero-order chi connectivity index (χ0) is 28.0. The molecule has 1 saturated carbocycles. The first-order valence-electron chi connectivity index (χ1n) is 13.1. The van der Waals surface area contributed by atoms with E-state index in [1.165, 1.54) is 12.1 Å². The first-order valence-corrected chi connectivity index (χ1v) is 14.5. The highest BCUT2D eigenvalue weighted by Gasteiger charge is 2.39. The number of nitrogens with one attached hydrogen (secondary N) is 1. The smallest absolute Gasteiger partial charge is 0.352 e. The molecule has 208 valence electrons. The summed E-state index contributed by atoms with van der Waals surface area (Å²) in [4.78, 5) is 12.0. The largest absolute Gasteiger partial charge is 0.417 e. The molecule has 0 radical (unpaired) electrons. The van der Waals surface area contributed by atoms with Gasteiger partial charge in [-0.2, -0.15) is 17.5 Å². The maximum absolute atomic E-state index is 13.7. The van der Waals surface area contributed by atoms with Crippen LogP contribution in [0.2, 0.25) is 0 Å². The van der Waals surface area contributed by atoms with Crippen molar-refractivity contribution < 1.29 is 26.4 Å². The molecule has 0 heterocycles. The molecule has 1 N–H and O–H groups in total. The molecule has 3 aromatic rings. The first kappa shape index (κ1) is 28.8. The molecule has 4 rings (SSSR count). The van der Waals surface area contributed by atoms with Crippen molar-refractivity contribution >= 4 is 15.9 Å². The summed E-state index contributed by atoms with van der Waals surface area (Å²) in [6.45, 7) is 2.50. The average Bonchev–Trinajstić information content (AvgIpc) is 2.93. The summed E-state index contributed by atoms with van der Waals surface area (Å²) in [5, 5.41) is 2.99. The van der Waals surface area contributed by atoms with Gasteiger partial charge in [0.1, 0.15) is 0 Å². The zero-order valence-corrected chi connectivity index (χ0v) is 22.6. The van der Waals surface area contributed by atoms with Crippen molar-refractivity contribution in [1.82, 2.24) is 9.62 Å². The Kier molecular flexibility index (Phi) is 9.12. The molecule has 9 heteroatoms. The van der Waals surface area contributed by atoms with Gasteiger partial charge in [-0.15, -0.1) is 0 Å². The van der Waals surface area contributed by atoms with Crippen LogP contribution in [0.3, 0.4) is 0 Å². The van der Waals surface area contributed by atoms with Gasteiger partial charge in [0.05, 0.1) is 10.5 Å². The molecular weight excluding hydrogens is 525 g/mol. The van der Waals surface area contributed by atoms with E-state index in [1.807, 2.05) is 31.2 Å². The quantitative estimate of drug-likeness (QED) is 0.334. The van der Waals surface area contributed by atoms with Crippen molar-refractivity contribution in [3.05, 3.63) is 101 Å². The first-order chi connectivity index (χ1) is 18.5. The van der Waals surface area contributed by atoms with Crippen LogP contribution < -0.4 is 5.32 Å². The van der Waals surface area contributed by atoms with E-state index in [9.17, 15) is 26.4 Å². The predicted molar refractivity (Wildman–Crippen MR) is 144 cm³/mol. The number of carbonyl (C=O) groups excluding carboxylic acids is 1. The minimum atomic E-state index is -4.80. The summed E-state index contributed by atoms with van der Waals surface area (Å²) in [6.07, 6.45) is -2.37. The number of hydrogen-bond acceptors (Lipinski definition) is 3. The minimum absolute atomic E-state index is 0.0260. The molecule has 1 fully saturated rings. The monoisotopic (exact) mass is 558 g/mol. The summed E-state index contributed by atoms with van der Waals surface area (Å²) < 4.78 is 69.6. The van der Waals surface area contributed by atoms with Crippen molar-refractivity contribution in [2.75, 3.05) is 6.54 Å². The van der Waals surface area contributed by atoms with Crippen LogP contribution in [0.1, 0.15) is 47.9 Å². The third-order valence-electron chi connectivity index (χ3n) is 7.28. The van der Waals surface area contributed by atoms with Crippen LogP contribution in [0.5, 0.6) is 0 Å². The Morgan fingerprint density at radius 1 is 0.872 bits per heavy atom. The lowest BCUT2D eigenvalue weighted by Crippen LogP contribution is -2.38. The number of carbonyl (C=O) groups is 1. The van der Waals surface area contributed by atoms with Crippen molar-refractivity contribution in [2.24, 2.45) is 11.8 Å². The molecule has 1 aliphatic carbocycles. The number of alkyl halides is 3. The van der Waals surface area contributed by atoms with E-state index in [2.05, 4.69) is 5.32 Å². The number of benzene rings is 3. The van der Waals surface area contributed by atoms with Crippen molar-refractivity contribution in [3.63, 3.8) is 0 Å². The highest BCUT2D eigenvalue weighted by atomic mass is 32.2. The second-order valence-corrected chi connectivity index (χ2v) is 12.1. The van der Waals surface area contributed by atoms with E-state index >= 15 is 0 Å². The summed E-state index contributed by atoms with van der Waals surface area (Å²) in [5.41, 5.74) is 1.68. The molecule has 39 heavy (non-hydrogen) atoms. The maximum Gasteiger partial charge on any atom is 0.417 e. The van der Waals surface area contributed by atoms with Crippen LogP contribution in [-0.2, 0) is 34.1 Å². The van der Waals surface area contributed by atoms with E-state index in [0.717, 1.165) is 27.6 Å². The Labute approximate surface area is 228 Å². The molecule has 3 aromatic carbocycles. The van der Waals surface area contributed by atoms with Gasteiger partial charge in [-0.25, -0.2) is 8.42 Å². The van der Waals surface area contributed by atoms with Gasteiger partial charge in [0, 0.05) is 25.6 Å². The fourth-order valence-corrected chi connectivity index (χ4v) is 6.75. The molecule has 0 bridgehead atoms. The molecule has 0 unspecified atom stereocenters. The molecule has 0 atom stereocenters. The Morgan fingerprint density at radius 3 is 2.13 bits per heavy atom. The molecule has 0 aliphatic heterocycles. The number of nitrogens with zero attached hydrogens (tertiary/aromatic N) is 1. The van der Waals surface area contributed by atoms with Crippen LogP contribution in [0.15, 0.2) is 83.8 Å². The van der Waals surface area contributed by atoms with Crippen LogP contribution in [0, 0.1) is 18.8 Å². The topological polar surface area (TPSA) is 66.5 Å². The van der Waals surface area contributed by atoms with E-state index in [-0.39, 0.29) is 30.8 Å². The molecule has 0 saturated heterocycles. The second kappa shape index (κ2) is 12.3. The van der Waals surface area contributed by atoms with Crippen LogP contribution in [0.4, 0.5) is 13.2 Å². The lowest BCUT2D eigenvalue weighted by Gasteiger charge is -2.32. The van der Waals surface area contributed by atoms with Crippen molar-refractivity contribution in [3.8, 4) is 0 Å². The van der Waals surface area contributed by atoms with Gasteiger partial charge in [-0.05, 0) is 61.8 Å². The van der Waals surface area contributed by atoms with Gasteiger partial charge in [-0.3, -0.25) is 4.79 Å². The molecule has 0 aromatic heterocycles. The van der Waals surface area contributed by atoms with Gasteiger partial charge in [0.2, 0.25) is 15.9 Å². The maximum atomic E-state index is 13.7. The summed E-state index contributed by atoms with van der Waals surface area (Å²) >= 11 is 0. The Morgan fingerprint density at radius 2 is 1.49 bits per heavy atom. The Bertz CT molecular complexity index is 1350. The fourth-order valence-electron chi connectivity index (χ4n) is 5.03. The van der Waals surface area contributed by atoms with Crippen molar-refractivity contribution in [2.45, 2.75) is 56.8 Å². The average molecular weight is 559 g/mol. The summed E-state index contributed by atoms with van der Waals surface area (Å²) in [7, 11) is -4.45. The number of halogens is 3. The molecule has 1 aliphatic rings. The van der Waals surface area contributed by atoms with E-state index < -0.39 is 26.7 Å². The van der Waals surface area contributed by atoms with E-state index in [1.54, 1.807) is 30.3 Å². The van der Waals surface area contributed by atoms with E-state index in [0.29, 0.717) is 37.8 Å². The van der Waals surface area contributed by atoms with Crippen LogP contribution in [0.25, 0.3) is 0 Å². The van der Waals surface area contributed by atoms with Crippen LogP contribution in [-0.4, -0.2) is 25.2 Å². The Balaban J connectivity index is 1.45. The Hall–Kier alpha value is -3.17. The van der Waals surface area contributed by atoms with Gasteiger partial charge in [0.15, 0.2) is 0 Å². The summed E-state index contributed by atoms with van der Waals surface area (Å²) in [5.74, 6) is -0.263. The number of amides is 1. The number of sulfonamides is 1. The number of hydrogen-bond donors (Lipinski definition) is 1. The minimum Gasteiger partial charge on any atom is -0.352 e. The van der Waals surface area contributed by atoms with Crippen molar-refractivity contribution in [1.29, 1.82) is 0 Å².